The van der Waals surface area contributed by atoms with Crippen LogP contribution in [0.25, 0.3) is 0 Å². The van der Waals surface area contributed by atoms with Crippen LogP contribution in [0.5, 0.6) is 0 Å². The van der Waals surface area contributed by atoms with E-state index in [0.29, 0.717) is 12.8 Å². The van der Waals surface area contributed by atoms with E-state index in [1.807, 2.05) is 0 Å². The van der Waals surface area contributed by atoms with Crippen LogP contribution in [0.15, 0.2) is 0 Å². The van der Waals surface area contributed by atoms with Gasteiger partial charge in [0.2, 0.25) is 0 Å². The second-order valence-corrected chi connectivity index (χ2v) is 5.34. The summed E-state index contributed by atoms with van der Waals surface area (Å²) in [7, 11) is 0. The normalized spacial score (nSPS) is 38.9. The second kappa shape index (κ2) is 5.83. The fourth-order valence-electron chi connectivity index (χ4n) is 2.93. The number of aliphatic hydroxyl groups is 1. The first-order chi connectivity index (χ1) is 8.16. The lowest BCUT2D eigenvalue weighted by Gasteiger charge is -2.34. The van der Waals surface area contributed by atoms with E-state index >= 15 is 0 Å². The molecule has 2 unspecified atom stereocenters. The third-order valence-corrected chi connectivity index (χ3v) is 4.06. The Labute approximate surface area is 102 Å². The van der Waals surface area contributed by atoms with Crippen LogP contribution in [0.2, 0.25) is 0 Å². The Bertz CT molecular complexity index is 258. The van der Waals surface area contributed by atoms with Crippen LogP contribution in [-0.2, 0) is 9.53 Å². The first kappa shape index (κ1) is 12.8. The predicted molar refractivity (Wildman–Crippen MR) is 62.7 cm³/mol. The van der Waals surface area contributed by atoms with Gasteiger partial charge in [0, 0.05) is 0 Å². The molecular formula is C13H22O4. The summed E-state index contributed by atoms with van der Waals surface area (Å²) in [6, 6.07) is 0. The van der Waals surface area contributed by atoms with Crippen LogP contribution in [0.4, 0.5) is 0 Å². The van der Waals surface area contributed by atoms with Crippen LogP contribution in [0.3, 0.4) is 0 Å². The average molecular weight is 242 g/mol. The first-order valence-electron chi connectivity index (χ1n) is 6.73. The van der Waals surface area contributed by atoms with Crippen molar-refractivity contribution in [3.63, 3.8) is 0 Å². The van der Waals surface area contributed by atoms with Crippen molar-refractivity contribution in [2.45, 2.75) is 69.7 Å². The largest absolute Gasteiger partial charge is 0.481 e. The van der Waals surface area contributed by atoms with E-state index in [-0.39, 0.29) is 24.2 Å². The average Bonchev–Trinajstić information content (AvgIpc) is 2.33. The summed E-state index contributed by atoms with van der Waals surface area (Å²) in [5.74, 6) is -0.868. The summed E-state index contributed by atoms with van der Waals surface area (Å²) in [4.78, 5) is 10.8. The van der Waals surface area contributed by atoms with Gasteiger partial charge in [0.05, 0.1) is 24.2 Å². The van der Waals surface area contributed by atoms with Crippen molar-refractivity contribution in [1.82, 2.24) is 0 Å². The Morgan fingerprint density at radius 1 is 1.00 bits per heavy atom. The highest BCUT2D eigenvalue weighted by molar-refractivity contribution is 5.70. The van der Waals surface area contributed by atoms with Gasteiger partial charge in [-0.1, -0.05) is 12.8 Å². The molecule has 4 nitrogen and oxygen atoms in total. The van der Waals surface area contributed by atoms with Crippen molar-refractivity contribution in [3.8, 4) is 0 Å². The number of hydrogen-bond donors (Lipinski definition) is 2. The van der Waals surface area contributed by atoms with Gasteiger partial charge < -0.3 is 14.9 Å². The smallest absolute Gasteiger partial charge is 0.306 e. The lowest BCUT2D eigenvalue weighted by molar-refractivity contribution is -0.146. The van der Waals surface area contributed by atoms with Crippen molar-refractivity contribution in [1.29, 1.82) is 0 Å². The van der Waals surface area contributed by atoms with Crippen LogP contribution in [0.1, 0.15) is 51.4 Å². The Hall–Kier alpha value is -0.610. The van der Waals surface area contributed by atoms with Gasteiger partial charge in [-0.15, -0.1) is 0 Å². The molecule has 98 valence electrons. The zero-order valence-corrected chi connectivity index (χ0v) is 10.2. The minimum Gasteiger partial charge on any atom is -0.481 e. The molecule has 0 amide bonds. The summed E-state index contributed by atoms with van der Waals surface area (Å²) >= 11 is 0. The van der Waals surface area contributed by atoms with Crippen molar-refractivity contribution in [3.05, 3.63) is 0 Å². The van der Waals surface area contributed by atoms with Gasteiger partial charge in [0.15, 0.2) is 0 Å². The predicted octanol–water partition coefficient (Wildman–Crippen LogP) is 1.95. The second-order valence-electron chi connectivity index (χ2n) is 5.34. The molecule has 0 aromatic carbocycles. The molecule has 0 spiro atoms. The van der Waals surface area contributed by atoms with E-state index in [0.717, 1.165) is 38.5 Å². The lowest BCUT2D eigenvalue weighted by Crippen LogP contribution is -2.37. The van der Waals surface area contributed by atoms with Crippen molar-refractivity contribution in [2.75, 3.05) is 0 Å². The Morgan fingerprint density at radius 2 is 1.65 bits per heavy atom. The fraction of sp³-hybridized carbons (Fsp3) is 0.923. The quantitative estimate of drug-likeness (QED) is 0.793. The Kier molecular flexibility index (Phi) is 4.40. The fourth-order valence-corrected chi connectivity index (χ4v) is 2.93. The van der Waals surface area contributed by atoms with Crippen LogP contribution < -0.4 is 0 Å². The molecule has 2 saturated carbocycles. The highest BCUT2D eigenvalue weighted by Gasteiger charge is 2.31. The van der Waals surface area contributed by atoms with Crippen molar-refractivity contribution >= 4 is 5.97 Å². The van der Waals surface area contributed by atoms with E-state index in [1.54, 1.807) is 0 Å². The van der Waals surface area contributed by atoms with Crippen molar-refractivity contribution < 1.29 is 19.7 Å². The first-order valence-corrected chi connectivity index (χ1v) is 6.73. The maximum Gasteiger partial charge on any atom is 0.306 e. The molecule has 0 bridgehead atoms. The number of ether oxygens (including phenoxy) is 1. The highest BCUT2D eigenvalue weighted by Crippen LogP contribution is 2.30. The molecule has 0 aromatic heterocycles. The van der Waals surface area contributed by atoms with E-state index in [4.69, 9.17) is 9.84 Å². The van der Waals surface area contributed by atoms with Gasteiger partial charge in [-0.2, -0.15) is 0 Å². The number of hydrogen-bond acceptors (Lipinski definition) is 3. The highest BCUT2D eigenvalue weighted by atomic mass is 16.5. The van der Waals surface area contributed by atoms with E-state index < -0.39 is 5.97 Å². The molecule has 2 fully saturated rings. The molecule has 0 aliphatic heterocycles. The molecule has 17 heavy (non-hydrogen) atoms. The maximum atomic E-state index is 10.8. The standard InChI is InChI=1S/C13H22O4/c14-11-3-1-2-4-12(11)17-10-7-5-9(6-8-10)13(15)16/h9-12,14H,1-8H2,(H,15,16). The summed E-state index contributed by atoms with van der Waals surface area (Å²) in [6.07, 6.45) is 6.89. The lowest BCUT2D eigenvalue weighted by atomic mass is 9.87. The summed E-state index contributed by atoms with van der Waals surface area (Å²) in [6.45, 7) is 0. The third-order valence-electron chi connectivity index (χ3n) is 4.06. The SMILES string of the molecule is O=C(O)C1CCC(OC2CCCCC2O)CC1. The zero-order valence-electron chi connectivity index (χ0n) is 10.2. The minimum absolute atomic E-state index is 0.0184. The number of carboxylic acids is 1. The molecule has 4 heteroatoms. The van der Waals surface area contributed by atoms with Gasteiger partial charge in [0.25, 0.3) is 0 Å². The summed E-state index contributed by atoms with van der Waals surface area (Å²) < 4.78 is 5.93. The minimum atomic E-state index is -0.679. The maximum absolute atomic E-state index is 10.8. The molecule has 2 aliphatic rings. The van der Waals surface area contributed by atoms with Crippen LogP contribution in [-0.4, -0.2) is 34.5 Å². The van der Waals surface area contributed by atoms with Crippen molar-refractivity contribution in [2.24, 2.45) is 5.92 Å². The van der Waals surface area contributed by atoms with Gasteiger partial charge in [-0.3, -0.25) is 4.79 Å². The number of carbonyl (C=O) groups is 1. The molecule has 2 rings (SSSR count). The van der Waals surface area contributed by atoms with E-state index in [1.165, 1.54) is 0 Å². The summed E-state index contributed by atoms with van der Waals surface area (Å²) in [5.41, 5.74) is 0. The van der Waals surface area contributed by atoms with Crippen LogP contribution >= 0.6 is 0 Å². The number of rotatable bonds is 3. The Morgan fingerprint density at radius 3 is 2.24 bits per heavy atom. The monoisotopic (exact) mass is 242 g/mol. The summed E-state index contributed by atoms with van der Waals surface area (Å²) in [5, 5.41) is 18.7. The van der Waals surface area contributed by atoms with Gasteiger partial charge in [0.1, 0.15) is 0 Å². The van der Waals surface area contributed by atoms with Crippen LogP contribution in [0, 0.1) is 5.92 Å². The van der Waals surface area contributed by atoms with Gasteiger partial charge in [-0.05, 0) is 38.5 Å². The zero-order chi connectivity index (χ0) is 12.3. The third kappa shape index (κ3) is 3.42. The molecule has 0 radical (unpaired) electrons. The molecule has 2 N–H and O–H groups in total. The van der Waals surface area contributed by atoms with E-state index in [9.17, 15) is 9.90 Å². The number of aliphatic carboxylic acids is 1. The molecular weight excluding hydrogens is 220 g/mol. The van der Waals surface area contributed by atoms with Gasteiger partial charge in [-0.25, -0.2) is 0 Å². The molecule has 2 aliphatic carbocycles. The topological polar surface area (TPSA) is 66.8 Å². The van der Waals surface area contributed by atoms with E-state index in [2.05, 4.69) is 0 Å². The number of carboxylic acid groups (broad SMARTS) is 1. The molecule has 2 atom stereocenters. The number of aliphatic hydroxyl groups excluding tert-OH is 1. The molecule has 0 heterocycles. The molecule has 0 saturated heterocycles. The Balaban J connectivity index is 1.75. The van der Waals surface area contributed by atoms with Gasteiger partial charge >= 0.3 is 5.97 Å². The molecule has 0 aromatic rings.